The Labute approximate surface area is 134 Å². The number of amides is 1. The van der Waals surface area contributed by atoms with Crippen LogP contribution in [0.2, 0.25) is 0 Å². The molecule has 0 saturated heterocycles. The van der Waals surface area contributed by atoms with Crippen molar-refractivity contribution in [3.05, 3.63) is 71.3 Å². The fourth-order valence-electron chi connectivity index (χ4n) is 2.53. The summed E-state index contributed by atoms with van der Waals surface area (Å²) in [6, 6.07) is 15.8. The first kappa shape index (κ1) is 14.9. The summed E-state index contributed by atoms with van der Waals surface area (Å²) >= 11 is 0. The van der Waals surface area contributed by atoms with Gasteiger partial charge >= 0.3 is 0 Å². The minimum atomic E-state index is -0.353. The second-order valence-electron chi connectivity index (χ2n) is 5.57. The third-order valence-electron chi connectivity index (χ3n) is 3.72. The van der Waals surface area contributed by atoms with Gasteiger partial charge in [0.15, 0.2) is 0 Å². The first-order valence-corrected chi connectivity index (χ1v) is 7.32. The molecule has 4 nitrogen and oxygen atoms in total. The molecule has 0 saturated carbocycles. The number of aryl methyl sites for hydroxylation is 1. The van der Waals surface area contributed by atoms with Gasteiger partial charge in [-0.15, -0.1) is 0 Å². The highest BCUT2D eigenvalue weighted by molar-refractivity contribution is 6.01. The summed E-state index contributed by atoms with van der Waals surface area (Å²) in [7, 11) is 0. The summed E-state index contributed by atoms with van der Waals surface area (Å²) in [6.07, 6.45) is 0. The molecule has 3 N–H and O–H groups in total. The molecule has 0 spiro atoms. The molecule has 4 heteroatoms. The van der Waals surface area contributed by atoms with Crippen LogP contribution in [0.3, 0.4) is 0 Å². The maximum absolute atomic E-state index is 12.3. The number of benzene rings is 3. The van der Waals surface area contributed by atoms with Crippen LogP contribution in [0.5, 0.6) is 11.5 Å². The van der Waals surface area contributed by atoms with Crippen LogP contribution in [0.15, 0.2) is 54.6 Å². The molecule has 116 valence electrons. The van der Waals surface area contributed by atoms with Gasteiger partial charge in [0.2, 0.25) is 0 Å². The number of nitrogens with one attached hydrogen (secondary N) is 1. The molecule has 0 radical (unpaired) electrons. The van der Waals surface area contributed by atoms with Gasteiger partial charge in [0.25, 0.3) is 5.91 Å². The van der Waals surface area contributed by atoms with E-state index < -0.39 is 0 Å². The molecule has 3 aromatic rings. The average molecular weight is 307 g/mol. The first-order chi connectivity index (χ1) is 11.0. The summed E-state index contributed by atoms with van der Waals surface area (Å²) in [5, 5.41) is 24.1. The number of carbonyl (C=O) groups is 1. The van der Waals surface area contributed by atoms with Gasteiger partial charge in [0, 0.05) is 6.54 Å². The molecule has 0 atom stereocenters. The van der Waals surface area contributed by atoms with E-state index in [2.05, 4.69) is 5.32 Å². The minimum Gasteiger partial charge on any atom is -0.508 e. The molecule has 0 unspecified atom stereocenters. The van der Waals surface area contributed by atoms with Crippen LogP contribution >= 0.6 is 0 Å². The number of fused-ring (bicyclic) bond motifs is 1. The van der Waals surface area contributed by atoms with Crippen molar-refractivity contribution in [3.8, 4) is 11.5 Å². The largest absolute Gasteiger partial charge is 0.508 e. The smallest absolute Gasteiger partial charge is 0.255 e. The molecule has 0 aromatic heterocycles. The number of rotatable bonds is 3. The van der Waals surface area contributed by atoms with E-state index in [1.807, 2.05) is 31.2 Å². The van der Waals surface area contributed by atoms with Crippen molar-refractivity contribution < 1.29 is 15.0 Å². The summed E-state index contributed by atoms with van der Waals surface area (Å²) in [4.78, 5) is 12.3. The van der Waals surface area contributed by atoms with Gasteiger partial charge in [0.05, 0.1) is 5.56 Å². The zero-order chi connectivity index (χ0) is 16.4. The number of phenols is 2. The van der Waals surface area contributed by atoms with Crippen molar-refractivity contribution in [2.75, 3.05) is 0 Å². The molecule has 1 amide bonds. The van der Waals surface area contributed by atoms with Gasteiger partial charge in [-0.1, -0.05) is 35.9 Å². The van der Waals surface area contributed by atoms with E-state index in [1.54, 1.807) is 30.3 Å². The molecule has 3 aromatic carbocycles. The maximum atomic E-state index is 12.3. The summed E-state index contributed by atoms with van der Waals surface area (Å²) in [5.74, 6) is -0.246. The number of carbonyl (C=O) groups excluding carboxylic acids is 1. The van der Waals surface area contributed by atoms with Gasteiger partial charge in [0.1, 0.15) is 11.5 Å². The van der Waals surface area contributed by atoms with Gasteiger partial charge in [-0.3, -0.25) is 4.79 Å². The zero-order valence-corrected chi connectivity index (χ0v) is 12.7. The number of hydrogen-bond acceptors (Lipinski definition) is 3. The highest BCUT2D eigenvalue weighted by atomic mass is 16.3. The lowest BCUT2D eigenvalue weighted by atomic mass is 10.0. The molecule has 0 fully saturated rings. The second-order valence-corrected chi connectivity index (χ2v) is 5.57. The van der Waals surface area contributed by atoms with Gasteiger partial charge in [-0.25, -0.2) is 0 Å². The van der Waals surface area contributed by atoms with E-state index in [9.17, 15) is 15.0 Å². The van der Waals surface area contributed by atoms with E-state index in [0.717, 1.165) is 21.9 Å². The molecular formula is C19H17NO3. The Kier molecular flexibility index (Phi) is 3.89. The highest BCUT2D eigenvalue weighted by Crippen LogP contribution is 2.26. The van der Waals surface area contributed by atoms with Crippen molar-refractivity contribution in [2.24, 2.45) is 0 Å². The number of hydrogen-bond donors (Lipinski definition) is 3. The lowest BCUT2D eigenvalue weighted by molar-refractivity contribution is 0.0948. The molecule has 0 aliphatic heterocycles. The zero-order valence-electron chi connectivity index (χ0n) is 12.7. The summed E-state index contributed by atoms with van der Waals surface area (Å²) < 4.78 is 0. The third-order valence-corrected chi connectivity index (χ3v) is 3.72. The van der Waals surface area contributed by atoms with Crippen LogP contribution in [-0.2, 0) is 6.54 Å². The standard InChI is InChI=1S/C19H17NO3/c1-12-5-6-14-10-18(22)17(9-15(14)7-12)19(23)20-11-13-3-2-4-16(21)8-13/h2-10,21-22H,11H2,1H3,(H,20,23). The van der Waals surface area contributed by atoms with Crippen molar-refractivity contribution in [1.29, 1.82) is 0 Å². The molecule has 3 rings (SSSR count). The quantitative estimate of drug-likeness (QED) is 0.693. The lowest BCUT2D eigenvalue weighted by Gasteiger charge is -2.09. The van der Waals surface area contributed by atoms with Crippen LogP contribution in [-0.4, -0.2) is 16.1 Å². The highest BCUT2D eigenvalue weighted by Gasteiger charge is 2.12. The van der Waals surface area contributed by atoms with Crippen molar-refractivity contribution in [3.63, 3.8) is 0 Å². The fourth-order valence-corrected chi connectivity index (χ4v) is 2.53. The predicted octanol–water partition coefficient (Wildman–Crippen LogP) is 3.49. The maximum Gasteiger partial charge on any atom is 0.255 e. The molecule has 0 bridgehead atoms. The Balaban J connectivity index is 1.84. The van der Waals surface area contributed by atoms with E-state index in [4.69, 9.17) is 0 Å². The Morgan fingerprint density at radius 1 is 1.00 bits per heavy atom. The summed E-state index contributed by atoms with van der Waals surface area (Å²) in [6.45, 7) is 2.26. The SMILES string of the molecule is Cc1ccc2cc(O)c(C(=O)NCc3cccc(O)c3)cc2c1. The van der Waals surface area contributed by atoms with E-state index in [-0.39, 0.29) is 29.5 Å². The number of phenolic OH excluding ortho intramolecular Hbond substituents is 2. The molecule has 0 heterocycles. The van der Waals surface area contributed by atoms with Crippen LogP contribution in [0.25, 0.3) is 10.8 Å². The van der Waals surface area contributed by atoms with Crippen LogP contribution < -0.4 is 5.32 Å². The van der Waals surface area contributed by atoms with Crippen LogP contribution in [0.1, 0.15) is 21.5 Å². The molecular weight excluding hydrogens is 290 g/mol. The molecule has 0 aliphatic carbocycles. The lowest BCUT2D eigenvalue weighted by Crippen LogP contribution is -2.22. The first-order valence-electron chi connectivity index (χ1n) is 7.32. The fraction of sp³-hybridized carbons (Fsp3) is 0.105. The minimum absolute atomic E-state index is 0.0465. The topological polar surface area (TPSA) is 69.6 Å². The van der Waals surface area contributed by atoms with E-state index >= 15 is 0 Å². The van der Waals surface area contributed by atoms with Crippen LogP contribution in [0, 0.1) is 6.92 Å². The van der Waals surface area contributed by atoms with Gasteiger partial charge in [-0.2, -0.15) is 0 Å². The second kappa shape index (κ2) is 6.01. The average Bonchev–Trinajstić information content (AvgIpc) is 2.52. The molecule has 0 aliphatic rings. The number of aromatic hydroxyl groups is 2. The van der Waals surface area contributed by atoms with Gasteiger partial charge < -0.3 is 15.5 Å². The van der Waals surface area contributed by atoms with Crippen molar-refractivity contribution >= 4 is 16.7 Å². The third kappa shape index (κ3) is 3.26. The predicted molar refractivity (Wildman–Crippen MR) is 89.6 cm³/mol. The Morgan fingerprint density at radius 2 is 1.83 bits per heavy atom. The van der Waals surface area contributed by atoms with Crippen LogP contribution in [0.4, 0.5) is 0 Å². The van der Waals surface area contributed by atoms with Crippen molar-refractivity contribution in [2.45, 2.75) is 13.5 Å². The summed E-state index contributed by atoms with van der Waals surface area (Å²) in [5.41, 5.74) is 2.12. The van der Waals surface area contributed by atoms with Gasteiger partial charge in [-0.05, 0) is 47.5 Å². The Morgan fingerprint density at radius 3 is 2.61 bits per heavy atom. The monoisotopic (exact) mass is 307 g/mol. The Hall–Kier alpha value is -3.01. The van der Waals surface area contributed by atoms with E-state index in [1.165, 1.54) is 0 Å². The molecule has 23 heavy (non-hydrogen) atoms. The Bertz CT molecular complexity index is 887. The van der Waals surface area contributed by atoms with E-state index in [0.29, 0.717) is 0 Å². The van der Waals surface area contributed by atoms with Crippen molar-refractivity contribution in [1.82, 2.24) is 5.32 Å². The normalized spacial score (nSPS) is 10.7.